The SMILES string of the molecule is CCCN(CC(=O)N1CCn2cccc2C1c1ccccc1)C(=O)Nc1ccccc1F. The van der Waals surface area contributed by atoms with Gasteiger partial charge in [0.1, 0.15) is 12.4 Å². The fourth-order valence-electron chi connectivity index (χ4n) is 4.17. The molecule has 1 aromatic heterocycles. The molecule has 166 valence electrons. The summed E-state index contributed by atoms with van der Waals surface area (Å²) in [6, 6.07) is 19.2. The van der Waals surface area contributed by atoms with Crippen LogP contribution >= 0.6 is 0 Å². The highest BCUT2D eigenvalue weighted by molar-refractivity contribution is 5.92. The van der Waals surface area contributed by atoms with Crippen molar-refractivity contribution in [2.75, 3.05) is 25.0 Å². The molecule has 7 heteroatoms. The van der Waals surface area contributed by atoms with E-state index in [0.29, 0.717) is 26.1 Å². The van der Waals surface area contributed by atoms with E-state index in [9.17, 15) is 14.0 Å². The number of fused-ring (bicyclic) bond motifs is 1. The molecule has 1 N–H and O–H groups in total. The van der Waals surface area contributed by atoms with Gasteiger partial charge in [0.2, 0.25) is 5.91 Å². The molecule has 1 unspecified atom stereocenters. The third-order valence-corrected chi connectivity index (χ3v) is 5.70. The Balaban J connectivity index is 1.55. The molecule has 1 aliphatic rings. The van der Waals surface area contributed by atoms with Crippen molar-refractivity contribution in [2.24, 2.45) is 0 Å². The summed E-state index contributed by atoms with van der Waals surface area (Å²) in [4.78, 5) is 29.6. The second kappa shape index (κ2) is 9.68. The number of carbonyl (C=O) groups excluding carboxylic acids is 2. The van der Waals surface area contributed by atoms with Crippen molar-refractivity contribution >= 4 is 17.6 Å². The first-order valence-corrected chi connectivity index (χ1v) is 10.9. The van der Waals surface area contributed by atoms with Crippen LogP contribution in [0.5, 0.6) is 0 Å². The lowest BCUT2D eigenvalue weighted by Gasteiger charge is -2.38. The largest absolute Gasteiger partial charge is 0.348 e. The number of rotatable bonds is 6. The number of hydrogen-bond donors (Lipinski definition) is 1. The first kappa shape index (κ1) is 21.6. The summed E-state index contributed by atoms with van der Waals surface area (Å²) >= 11 is 0. The van der Waals surface area contributed by atoms with Gasteiger partial charge in [0.25, 0.3) is 0 Å². The van der Waals surface area contributed by atoms with Crippen molar-refractivity contribution < 1.29 is 14.0 Å². The number of nitrogens with one attached hydrogen (secondary N) is 1. The molecule has 0 saturated heterocycles. The number of para-hydroxylation sites is 1. The van der Waals surface area contributed by atoms with Crippen LogP contribution in [0.15, 0.2) is 72.9 Å². The van der Waals surface area contributed by atoms with Crippen LogP contribution in [0.1, 0.15) is 30.6 Å². The van der Waals surface area contributed by atoms with E-state index in [2.05, 4.69) is 9.88 Å². The molecule has 2 aromatic carbocycles. The Hall–Kier alpha value is -3.61. The molecule has 0 spiro atoms. The summed E-state index contributed by atoms with van der Waals surface area (Å²) in [5, 5.41) is 2.59. The number of hydrogen-bond acceptors (Lipinski definition) is 2. The zero-order valence-electron chi connectivity index (χ0n) is 18.1. The van der Waals surface area contributed by atoms with Gasteiger partial charge in [-0.25, -0.2) is 9.18 Å². The number of amides is 3. The average Bonchev–Trinajstić information content (AvgIpc) is 3.29. The van der Waals surface area contributed by atoms with Crippen molar-refractivity contribution in [1.82, 2.24) is 14.4 Å². The van der Waals surface area contributed by atoms with Crippen LogP contribution in [0.3, 0.4) is 0 Å². The minimum atomic E-state index is -0.510. The molecule has 0 bridgehead atoms. The summed E-state index contributed by atoms with van der Waals surface area (Å²) in [5.41, 5.74) is 2.18. The Morgan fingerprint density at radius 3 is 2.53 bits per heavy atom. The highest BCUT2D eigenvalue weighted by atomic mass is 19.1. The third kappa shape index (κ3) is 4.51. The molecule has 0 saturated carbocycles. The molecule has 0 fully saturated rings. The lowest BCUT2D eigenvalue weighted by Crippen LogP contribution is -2.48. The van der Waals surface area contributed by atoms with E-state index >= 15 is 0 Å². The molecule has 1 atom stereocenters. The Morgan fingerprint density at radius 1 is 1.03 bits per heavy atom. The molecule has 0 aliphatic carbocycles. The van der Waals surface area contributed by atoms with E-state index in [1.807, 2.05) is 60.5 Å². The van der Waals surface area contributed by atoms with Gasteiger partial charge in [-0.05, 0) is 36.2 Å². The molecular weight excluding hydrogens is 407 g/mol. The van der Waals surface area contributed by atoms with E-state index in [1.165, 1.54) is 17.0 Å². The number of benzene rings is 2. The highest BCUT2D eigenvalue weighted by Crippen LogP contribution is 2.32. The summed E-state index contributed by atoms with van der Waals surface area (Å²) in [6.45, 7) is 3.51. The third-order valence-electron chi connectivity index (χ3n) is 5.70. The fraction of sp³-hybridized carbons (Fsp3) is 0.280. The molecular formula is C25H27FN4O2. The molecule has 6 nitrogen and oxygen atoms in total. The summed E-state index contributed by atoms with van der Waals surface area (Å²) in [6.07, 6.45) is 2.71. The van der Waals surface area contributed by atoms with Gasteiger partial charge in [-0.2, -0.15) is 0 Å². The van der Waals surface area contributed by atoms with Crippen LogP contribution in [0.4, 0.5) is 14.9 Å². The van der Waals surface area contributed by atoms with E-state index in [1.54, 1.807) is 12.1 Å². The molecule has 3 amide bonds. The Morgan fingerprint density at radius 2 is 1.78 bits per heavy atom. The maximum absolute atomic E-state index is 14.0. The van der Waals surface area contributed by atoms with Crippen LogP contribution in [-0.2, 0) is 11.3 Å². The molecule has 4 rings (SSSR count). The quantitative estimate of drug-likeness (QED) is 0.621. The summed E-state index contributed by atoms with van der Waals surface area (Å²) < 4.78 is 16.2. The van der Waals surface area contributed by atoms with Crippen molar-refractivity contribution in [3.05, 3.63) is 90.0 Å². The van der Waals surface area contributed by atoms with Gasteiger partial charge >= 0.3 is 6.03 Å². The molecule has 32 heavy (non-hydrogen) atoms. The highest BCUT2D eigenvalue weighted by Gasteiger charge is 2.33. The van der Waals surface area contributed by atoms with Crippen LogP contribution in [-0.4, -0.2) is 45.9 Å². The zero-order valence-corrected chi connectivity index (χ0v) is 18.1. The zero-order chi connectivity index (χ0) is 22.5. The minimum absolute atomic E-state index is 0.0713. The minimum Gasteiger partial charge on any atom is -0.348 e. The molecule has 2 heterocycles. The summed E-state index contributed by atoms with van der Waals surface area (Å²) in [5.74, 6) is -0.645. The van der Waals surface area contributed by atoms with Gasteiger partial charge in [-0.3, -0.25) is 4.79 Å². The first-order valence-electron chi connectivity index (χ1n) is 10.9. The Kier molecular flexibility index (Phi) is 6.54. The van der Waals surface area contributed by atoms with Crippen LogP contribution in [0, 0.1) is 5.82 Å². The maximum Gasteiger partial charge on any atom is 0.322 e. The van der Waals surface area contributed by atoms with Crippen molar-refractivity contribution in [2.45, 2.75) is 25.9 Å². The van der Waals surface area contributed by atoms with Gasteiger partial charge in [-0.15, -0.1) is 0 Å². The second-order valence-electron chi connectivity index (χ2n) is 7.86. The summed E-state index contributed by atoms with van der Waals surface area (Å²) in [7, 11) is 0. The number of anilines is 1. The standard InChI is InChI=1S/C25H27FN4O2/c1-2-14-29(25(32)27-21-12-7-6-11-20(21)26)18-23(31)30-17-16-28-15-8-13-22(28)24(30)19-9-4-3-5-10-19/h3-13,15,24H,2,14,16-18H2,1H3,(H,27,32). The number of urea groups is 1. The van der Waals surface area contributed by atoms with Gasteiger partial charge < -0.3 is 19.7 Å². The molecule has 3 aromatic rings. The molecule has 0 radical (unpaired) electrons. The predicted molar refractivity (Wildman–Crippen MR) is 122 cm³/mol. The smallest absolute Gasteiger partial charge is 0.322 e. The number of aromatic nitrogens is 1. The van der Waals surface area contributed by atoms with Gasteiger partial charge in [0.05, 0.1) is 11.7 Å². The first-order chi connectivity index (χ1) is 15.6. The Labute approximate surface area is 187 Å². The van der Waals surface area contributed by atoms with E-state index in [4.69, 9.17) is 0 Å². The van der Waals surface area contributed by atoms with E-state index in [0.717, 1.165) is 11.3 Å². The van der Waals surface area contributed by atoms with Gasteiger partial charge in [-0.1, -0.05) is 49.4 Å². The van der Waals surface area contributed by atoms with Crippen molar-refractivity contribution in [3.63, 3.8) is 0 Å². The van der Waals surface area contributed by atoms with Gasteiger partial charge in [0.15, 0.2) is 0 Å². The fourth-order valence-corrected chi connectivity index (χ4v) is 4.17. The van der Waals surface area contributed by atoms with E-state index in [-0.39, 0.29) is 24.2 Å². The number of nitrogens with zero attached hydrogens (tertiary/aromatic N) is 3. The maximum atomic E-state index is 14.0. The van der Waals surface area contributed by atoms with Crippen LogP contribution in [0.25, 0.3) is 0 Å². The van der Waals surface area contributed by atoms with Gasteiger partial charge in [0, 0.05) is 31.5 Å². The second-order valence-corrected chi connectivity index (χ2v) is 7.86. The van der Waals surface area contributed by atoms with Crippen LogP contribution in [0.2, 0.25) is 0 Å². The number of carbonyl (C=O) groups is 2. The monoisotopic (exact) mass is 434 g/mol. The molecule has 1 aliphatic heterocycles. The Bertz CT molecular complexity index is 1080. The van der Waals surface area contributed by atoms with E-state index < -0.39 is 11.8 Å². The topological polar surface area (TPSA) is 57.6 Å². The predicted octanol–water partition coefficient (Wildman–Crippen LogP) is 4.50. The lowest BCUT2D eigenvalue weighted by atomic mass is 10.00. The lowest BCUT2D eigenvalue weighted by molar-refractivity contribution is -0.134. The van der Waals surface area contributed by atoms with Crippen LogP contribution < -0.4 is 5.32 Å². The van der Waals surface area contributed by atoms with Crippen molar-refractivity contribution in [1.29, 1.82) is 0 Å². The normalized spacial score (nSPS) is 15.2. The average molecular weight is 435 g/mol. The van der Waals surface area contributed by atoms with Crippen molar-refractivity contribution in [3.8, 4) is 0 Å². The number of halogens is 1.